The van der Waals surface area contributed by atoms with Crippen molar-refractivity contribution in [3.8, 4) is 17.2 Å². The van der Waals surface area contributed by atoms with Gasteiger partial charge in [-0.15, -0.1) is 0 Å². The molecule has 0 amide bonds. The van der Waals surface area contributed by atoms with E-state index in [-0.39, 0.29) is 13.2 Å². The molecule has 0 aliphatic heterocycles. The second-order valence-corrected chi connectivity index (χ2v) is 9.61. The van der Waals surface area contributed by atoms with Gasteiger partial charge in [-0.2, -0.15) is 0 Å². The standard InChI is InChI=1S/C16H21NO8P2/c18-26(19,20)16(27(21,22)23)12-17-9-10-24-14-7-4-8-15(11-14)25-13-5-2-1-3-6-13/h1-8,11,16-17H,9-10,12H2,(H2,18,19,20)(H2,21,22,23). The number of para-hydroxylation sites is 1. The normalized spacial score (nSPS) is 12.2. The van der Waals surface area contributed by atoms with Gasteiger partial charge in [-0.3, -0.25) is 9.13 Å². The molecule has 2 aromatic rings. The summed E-state index contributed by atoms with van der Waals surface area (Å²) in [5, 5.41) is 0.506. The van der Waals surface area contributed by atoms with Crippen LogP contribution in [0.2, 0.25) is 0 Å². The largest absolute Gasteiger partial charge is 0.492 e. The number of rotatable bonds is 10. The summed E-state index contributed by atoms with van der Waals surface area (Å²) in [4.78, 5) is 36.1. The molecule has 2 aromatic carbocycles. The molecule has 0 aliphatic rings. The average molecular weight is 417 g/mol. The smallest absolute Gasteiger partial charge is 0.342 e. The SMILES string of the molecule is O=P(O)(O)C(CNCCOc1cccc(Oc2ccccc2)c1)P(=O)(O)O. The van der Waals surface area contributed by atoms with E-state index < -0.39 is 27.1 Å². The quantitative estimate of drug-likeness (QED) is 0.290. The molecule has 0 aromatic heterocycles. The molecule has 5 N–H and O–H groups in total. The summed E-state index contributed by atoms with van der Waals surface area (Å²) >= 11 is 0. The summed E-state index contributed by atoms with van der Waals surface area (Å²) in [5.74, 6) is 1.78. The van der Waals surface area contributed by atoms with Crippen LogP contribution >= 0.6 is 15.2 Å². The predicted octanol–water partition coefficient (Wildman–Crippen LogP) is 2.13. The molecule has 0 fully saturated rings. The van der Waals surface area contributed by atoms with Crippen LogP contribution in [0.15, 0.2) is 54.6 Å². The highest BCUT2D eigenvalue weighted by Gasteiger charge is 2.42. The lowest BCUT2D eigenvalue weighted by Gasteiger charge is -2.19. The second-order valence-electron chi connectivity index (χ2n) is 5.60. The summed E-state index contributed by atoms with van der Waals surface area (Å²) in [7, 11) is -9.85. The van der Waals surface area contributed by atoms with Gasteiger partial charge < -0.3 is 34.4 Å². The van der Waals surface area contributed by atoms with Crippen LogP contribution in [0.25, 0.3) is 0 Å². The number of benzene rings is 2. The average Bonchev–Trinajstić information content (AvgIpc) is 2.57. The predicted molar refractivity (Wildman–Crippen MR) is 99.2 cm³/mol. The number of ether oxygens (including phenoxy) is 2. The van der Waals surface area contributed by atoms with Crippen LogP contribution in [-0.4, -0.2) is 44.7 Å². The molecule has 148 valence electrons. The van der Waals surface area contributed by atoms with Crippen LogP contribution in [0.4, 0.5) is 0 Å². The van der Waals surface area contributed by atoms with Crippen molar-refractivity contribution >= 4 is 15.2 Å². The summed E-state index contributed by atoms with van der Waals surface area (Å²) < 4.78 is 33.5. The van der Waals surface area contributed by atoms with Gasteiger partial charge in [-0.1, -0.05) is 24.3 Å². The topological polar surface area (TPSA) is 146 Å². The molecule has 0 saturated heterocycles. The molecule has 2 rings (SSSR count). The van der Waals surface area contributed by atoms with E-state index in [1.807, 2.05) is 30.3 Å². The first kappa shape index (κ1) is 21.6. The van der Waals surface area contributed by atoms with Crippen LogP contribution < -0.4 is 14.8 Å². The van der Waals surface area contributed by atoms with E-state index in [1.165, 1.54) is 0 Å². The Labute approximate surface area is 156 Å². The lowest BCUT2D eigenvalue weighted by molar-refractivity contribution is 0.307. The van der Waals surface area contributed by atoms with E-state index in [0.717, 1.165) is 0 Å². The van der Waals surface area contributed by atoms with Crippen LogP contribution in [0, 0.1) is 0 Å². The highest BCUT2D eigenvalue weighted by Crippen LogP contribution is 2.59. The van der Waals surface area contributed by atoms with Gasteiger partial charge in [0, 0.05) is 19.2 Å². The third-order valence-electron chi connectivity index (χ3n) is 3.44. The zero-order valence-electron chi connectivity index (χ0n) is 14.2. The summed E-state index contributed by atoms with van der Waals surface area (Å²) in [6.07, 6.45) is 0. The molecule has 0 saturated carbocycles. The Bertz CT molecular complexity index is 798. The fourth-order valence-electron chi connectivity index (χ4n) is 2.16. The Morgan fingerprint density at radius 1 is 0.852 bits per heavy atom. The molecule has 11 heteroatoms. The van der Waals surface area contributed by atoms with Gasteiger partial charge in [0.25, 0.3) is 0 Å². The fourth-order valence-corrected chi connectivity index (χ4v) is 4.46. The number of hydrogen-bond acceptors (Lipinski definition) is 5. The summed E-state index contributed by atoms with van der Waals surface area (Å²) in [6.45, 7) is -0.265. The van der Waals surface area contributed by atoms with Crippen molar-refractivity contribution in [2.45, 2.75) is 5.40 Å². The molecule has 0 unspecified atom stereocenters. The zero-order chi connectivity index (χ0) is 19.9. The minimum atomic E-state index is -4.93. The summed E-state index contributed by atoms with van der Waals surface area (Å²) in [6, 6.07) is 16.1. The molecular formula is C16H21NO8P2. The monoisotopic (exact) mass is 417 g/mol. The maximum absolute atomic E-state index is 11.2. The highest BCUT2D eigenvalue weighted by molar-refractivity contribution is 7.70. The molecule has 0 radical (unpaired) electrons. The van der Waals surface area contributed by atoms with E-state index in [0.29, 0.717) is 17.2 Å². The molecule has 0 spiro atoms. The van der Waals surface area contributed by atoms with Crippen molar-refractivity contribution in [1.82, 2.24) is 5.32 Å². The maximum atomic E-state index is 11.2. The Morgan fingerprint density at radius 3 is 2.07 bits per heavy atom. The van der Waals surface area contributed by atoms with Crippen LogP contribution in [0.1, 0.15) is 0 Å². The first-order valence-electron chi connectivity index (χ1n) is 7.93. The van der Waals surface area contributed by atoms with Crippen molar-refractivity contribution in [2.24, 2.45) is 0 Å². The van der Waals surface area contributed by atoms with Gasteiger partial charge in [-0.05, 0) is 24.3 Å². The molecule has 9 nitrogen and oxygen atoms in total. The Hall–Kier alpha value is -1.70. The zero-order valence-corrected chi connectivity index (χ0v) is 16.0. The molecule has 27 heavy (non-hydrogen) atoms. The van der Waals surface area contributed by atoms with E-state index in [4.69, 9.17) is 29.0 Å². The van der Waals surface area contributed by atoms with Crippen molar-refractivity contribution in [1.29, 1.82) is 0 Å². The third kappa shape index (κ3) is 7.44. The van der Waals surface area contributed by atoms with Gasteiger partial charge in [0.1, 0.15) is 23.9 Å². The Morgan fingerprint density at radius 2 is 1.44 bits per heavy atom. The van der Waals surface area contributed by atoms with Gasteiger partial charge >= 0.3 is 15.2 Å². The van der Waals surface area contributed by atoms with Gasteiger partial charge in [0.15, 0.2) is 5.40 Å². The first-order valence-corrected chi connectivity index (χ1v) is 11.3. The van der Waals surface area contributed by atoms with Crippen LogP contribution in [0.3, 0.4) is 0 Å². The molecule has 0 heterocycles. The van der Waals surface area contributed by atoms with E-state index in [9.17, 15) is 9.13 Å². The molecular weight excluding hydrogens is 396 g/mol. The van der Waals surface area contributed by atoms with Crippen LogP contribution in [-0.2, 0) is 9.13 Å². The molecule has 0 atom stereocenters. The minimum Gasteiger partial charge on any atom is -0.492 e. The second kappa shape index (κ2) is 9.48. The third-order valence-corrected chi connectivity index (χ3v) is 7.16. The lowest BCUT2D eigenvalue weighted by Crippen LogP contribution is -2.30. The summed E-state index contributed by atoms with van der Waals surface area (Å²) in [5.41, 5.74) is 0. The number of nitrogens with one attached hydrogen (secondary N) is 1. The maximum Gasteiger partial charge on any atom is 0.342 e. The van der Waals surface area contributed by atoms with Crippen molar-refractivity contribution < 1.29 is 38.2 Å². The van der Waals surface area contributed by atoms with E-state index in [2.05, 4.69) is 5.32 Å². The lowest BCUT2D eigenvalue weighted by atomic mass is 10.3. The van der Waals surface area contributed by atoms with Crippen molar-refractivity contribution in [3.05, 3.63) is 54.6 Å². The fraction of sp³-hybridized carbons (Fsp3) is 0.250. The Balaban J connectivity index is 1.81. The van der Waals surface area contributed by atoms with E-state index >= 15 is 0 Å². The minimum absolute atomic E-state index is 0.129. The van der Waals surface area contributed by atoms with Gasteiger partial charge in [0.05, 0.1) is 0 Å². The van der Waals surface area contributed by atoms with Gasteiger partial charge in [-0.25, -0.2) is 0 Å². The first-order chi connectivity index (χ1) is 12.7. The van der Waals surface area contributed by atoms with E-state index in [1.54, 1.807) is 24.3 Å². The van der Waals surface area contributed by atoms with Crippen molar-refractivity contribution in [2.75, 3.05) is 19.7 Å². The van der Waals surface area contributed by atoms with Crippen molar-refractivity contribution in [3.63, 3.8) is 0 Å². The molecule has 0 aliphatic carbocycles. The molecule has 0 bridgehead atoms. The Kier molecular flexibility index (Phi) is 7.59. The number of hydrogen-bond donors (Lipinski definition) is 5. The van der Waals surface area contributed by atoms with Crippen LogP contribution in [0.5, 0.6) is 17.2 Å². The highest BCUT2D eigenvalue weighted by atomic mass is 31.2. The van der Waals surface area contributed by atoms with Gasteiger partial charge in [0.2, 0.25) is 0 Å².